The third kappa shape index (κ3) is 4.78. The molecule has 1 fully saturated rings. The zero-order valence-corrected chi connectivity index (χ0v) is 17.3. The topological polar surface area (TPSA) is 88.8 Å². The molecule has 27 heavy (non-hydrogen) atoms. The Balaban J connectivity index is 1.76. The largest absolute Gasteiger partial charge is 0.469 e. The number of halogens is 1. The number of ether oxygens (including phenoxy) is 1. The number of benzene rings is 1. The van der Waals surface area contributed by atoms with E-state index in [4.69, 9.17) is 9.15 Å². The molecule has 1 atom stereocenters. The second kappa shape index (κ2) is 8.55. The predicted octanol–water partition coefficient (Wildman–Crippen LogP) is 2.42. The molecule has 0 aliphatic carbocycles. The van der Waals surface area contributed by atoms with Crippen LogP contribution in [0.3, 0.4) is 0 Å². The van der Waals surface area contributed by atoms with Crippen molar-refractivity contribution in [2.75, 3.05) is 26.3 Å². The summed E-state index contributed by atoms with van der Waals surface area (Å²) in [7, 11) is -3.71. The van der Waals surface area contributed by atoms with Gasteiger partial charge in [0.05, 0.1) is 24.4 Å². The maximum absolute atomic E-state index is 12.9. The first-order valence-electron chi connectivity index (χ1n) is 8.58. The van der Waals surface area contributed by atoms with E-state index in [2.05, 4.69) is 21.2 Å². The van der Waals surface area contributed by atoms with Crippen LogP contribution < -0.4 is 5.32 Å². The van der Waals surface area contributed by atoms with Gasteiger partial charge in [-0.2, -0.15) is 4.31 Å². The van der Waals surface area contributed by atoms with Crippen LogP contribution in [0.25, 0.3) is 0 Å². The van der Waals surface area contributed by atoms with Gasteiger partial charge in [-0.3, -0.25) is 4.79 Å². The molecule has 0 radical (unpaired) electrons. The van der Waals surface area contributed by atoms with Gasteiger partial charge in [-0.25, -0.2) is 8.42 Å². The zero-order chi connectivity index (χ0) is 19.4. The van der Waals surface area contributed by atoms with Gasteiger partial charge in [0.1, 0.15) is 5.76 Å². The molecule has 146 valence electrons. The molecule has 1 saturated heterocycles. The second-order valence-corrected chi connectivity index (χ2v) is 9.08. The van der Waals surface area contributed by atoms with E-state index in [0.29, 0.717) is 37.2 Å². The van der Waals surface area contributed by atoms with E-state index in [1.165, 1.54) is 10.4 Å². The minimum atomic E-state index is -3.71. The number of hydrogen-bond acceptors (Lipinski definition) is 5. The van der Waals surface area contributed by atoms with E-state index >= 15 is 0 Å². The van der Waals surface area contributed by atoms with Gasteiger partial charge in [-0.15, -0.1) is 0 Å². The fraction of sp³-hybridized carbons (Fsp3) is 0.389. The van der Waals surface area contributed by atoms with Gasteiger partial charge in [0, 0.05) is 35.6 Å². The molecule has 3 rings (SSSR count). The standard InChI is InChI=1S/C18H21BrN2O5S/c1-13(11-15-3-2-8-26-15)20-18(22)14-4-5-16(19)17(12-14)27(23,24)21-6-9-25-10-7-21/h2-5,8,12-13H,6-7,9-11H2,1H3,(H,20,22). The van der Waals surface area contributed by atoms with Crippen molar-refractivity contribution in [3.63, 3.8) is 0 Å². The van der Waals surface area contributed by atoms with Crippen LogP contribution in [0, 0.1) is 0 Å². The fourth-order valence-electron chi connectivity index (χ4n) is 2.86. The van der Waals surface area contributed by atoms with E-state index in [0.717, 1.165) is 5.76 Å². The third-order valence-corrected chi connectivity index (χ3v) is 7.14. The lowest BCUT2D eigenvalue weighted by Gasteiger charge is -2.26. The van der Waals surface area contributed by atoms with Crippen molar-refractivity contribution in [3.8, 4) is 0 Å². The summed E-state index contributed by atoms with van der Waals surface area (Å²) in [6, 6.07) is 8.06. The number of carbonyl (C=O) groups excluding carboxylic acids is 1. The number of nitrogens with zero attached hydrogens (tertiary/aromatic N) is 1. The lowest BCUT2D eigenvalue weighted by molar-refractivity contribution is 0.0730. The first-order chi connectivity index (χ1) is 12.9. The van der Waals surface area contributed by atoms with Crippen LogP contribution in [0.1, 0.15) is 23.0 Å². The van der Waals surface area contributed by atoms with Gasteiger partial charge in [-0.1, -0.05) is 0 Å². The molecule has 0 bridgehead atoms. The highest BCUT2D eigenvalue weighted by Gasteiger charge is 2.29. The molecule has 1 aliphatic rings. The van der Waals surface area contributed by atoms with E-state index in [1.54, 1.807) is 24.5 Å². The molecule has 0 saturated carbocycles. The van der Waals surface area contributed by atoms with Crippen LogP contribution in [0.5, 0.6) is 0 Å². The molecule has 2 aromatic rings. The number of nitrogens with one attached hydrogen (secondary N) is 1. The maximum atomic E-state index is 12.9. The SMILES string of the molecule is CC(Cc1ccco1)NC(=O)c1ccc(Br)c(S(=O)(=O)N2CCOCC2)c1. The first-order valence-corrected chi connectivity index (χ1v) is 10.8. The van der Waals surface area contributed by atoms with E-state index in [1.807, 2.05) is 13.0 Å². The van der Waals surface area contributed by atoms with Crippen molar-refractivity contribution < 1.29 is 22.4 Å². The molecule has 1 aromatic carbocycles. The van der Waals surface area contributed by atoms with Crippen molar-refractivity contribution in [3.05, 3.63) is 52.4 Å². The zero-order valence-electron chi connectivity index (χ0n) is 14.9. The monoisotopic (exact) mass is 456 g/mol. The lowest BCUT2D eigenvalue weighted by Crippen LogP contribution is -2.40. The van der Waals surface area contributed by atoms with Gasteiger partial charge in [0.25, 0.3) is 5.91 Å². The van der Waals surface area contributed by atoms with Crippen LogP contribution in [0.15, 0.2) is 50.4 Å². The molecule has 1 aromatic heterocycles. The lowest BCUT2D eigenvalue weighted by atomic mass is 10.1. The first kappa shape index (κ1) is 20.1. The van der Waals surface area contributed by atoms with E-state index in [9.17, 15) is 13.2 Å². The van der Waals surface area contributed by atoms with Crippen LogP contribution in [-0.2, 0) is 21.2 Å². The Morgan fingerprint density at radius 2 is 2.04 bits per heavy atom. The molecule has 1 aliphatic heterocycles. The molecule has 1 unspecified atom stereocenters. The Labute approximate surface area is 166 Å². The molecular formula is C18H21BrN2O5S. The Hall–Kier alpha value is -1.68. The normalized spacial score (nSPS) is 16.8. The Morgan fingerprint density at radius 3 is 2.70 bits per heavy atom. The predicted molar refractivity (Wildman–Crippen MR) is 103 cm³/mol. The molecular weight excluding hydrogens is 436 g/mol. The highest BCUT2D eigenvalue weighted by atomic mass is 79.9. The van der Waals surface area contributed by atoms with E-state index in [-0.39, 0.29) is 22.4 Å². The van der Waals surface area contributed by atoms with Gasteiger partial charge in [-0.05, 0) is 53.2 Å². The van der Waals surface area contributed by atoms with Gasteiger partial charge < -0.3 is 14.5 Å². The summed E-state index contributed by atoms with van der Waals surface area (Å²) in [5.41, 5.74) is 0.288. The molecule has 0 spiro atoms. The summed E-state index contributed by atoms with van der Waals surface area (Å²) < 4.78 is 38.1. The average molecular weight is 457 g/mol. The summed E-state index contributed by atoms with van der Waals surface area (Å²) in [5.74, 6) is 0.439. The van der Waals surface area contributed by atoms with Crippen LogP contribution in [-0.4, -0.2) is 51.0 Å². The van der Waals surface area contributed by atoms with Crippen LogP contribution >= 0.6 is 15.9 Å². The summed E-state index contributed by atoms with van der Waals surface area (Å²) in [5, 5.41) is 2.87. The summed E-state index contributed by atoms with van der Waals surface area (Å²) >= 11 is 3.29. The number of furan rings is 1. The smallest absolute Gasteiger partial charge is 0.251 e. The van der Waals surface area contributed by atoms with Crippen molar-refractivity contribution in [2.45, 2.75) is 24.3 Å². The number of sulfonamides is 1. The molecule has 9 heteroatoms. The number of morpholine rings is 1. The highest BCUT2D eigenvalue weighted by Crippen LogP contribution is 2.27. The summed E-state index contributed by atoms with van der Waals surface area (Å²) in [6.45, 7) is 3.18. The molecule has 1 N–H and O–H groups in total. The van der Waals surface area contributed by atoms with Crippen molar-refractivity contribution in [1.29, 1.82) is 0 Å². The molecule has 7 nitrogen and oxygen atoms in total. The highest BCUT2D eigenvalue weighted by molar-refractivity contribution is 9.10. The molecule has 2 heterocycles. The van der Waals surface area contributed by atoms with Crippen LogP contribution in [0.2, 0.25) is 0 Å². The minimum absolute atomic E-state index is 0.0794. The quantitative estimate of drug-likeness (QED) is 0.720. The summed E-state index contributed by atoms with van der Waals surface area (Å²) in [4.78, 5) is 12.6. The second-order valence-electron chi connectivity index (χ2n) is 6.32. The van der Waals surface area contributed by atoms with Gasteiger partial charge in [0.15, 0.2) is 0 Å². The Morgan fingerprint density at radius 1 is 1.30 bits per heavy atom. The fourth-order valence-corrected chi connectivity index (χ4v) is 5.22. The third-order valence-electron chi connectivity index (χ3n) is 4.25. The minimum Gasteiger partial charge on any atom is -0.469 e. The number of hydrogen-bond donors (Lipinski definition) is 1. The maximum Gasteiger partial charge on any atom is 0.251 e. The van der Waals surface area contributed by atoms with Crippen molar-refractivity contribution >= 4 is 31.9 Å². The Kier molecular flexibility index (Phi) is 6.36. The summed E-state index contributed by atoms with van der Waals surface area (Å²) in [6.07, 6.45) is 2.13. The number of amides is 1. The number of carbonyl (C=O) groups is 1. The van der Waals surface area contributed by atoms with Crippen molar-refractivity contribution in [2.24, 2.45) is 0 Å². The van der Waals surface area contributed by atoms with E-state index < -0.39 is 10.0 Å². The van der Waals surface area contributed by atoms with Gasteiger partial charge >= 0.3 is 0 Å². The average Bonchev–Trinajstić information content (AvgIpc) is 3.15. The Bertz CT molecular complexity index is 892. The number of rotatable bonds is 6. The van der Waals surface area contributed by atoms with Crippen LogP contribution in [0.4, 0.5) is 0 Å². The molecule has 1 amide bonds. The van der Waals surface area contributed by atoms with Gasteiger partial charge in [0.2, 0.25) is 10.0 Å². The van der Waals surface area contributed by atoms with Crippen molar-refractivity contribution in [1.82, 2.24) is 9.62 Å².